The molecule has 0 unspecified atom stereocenters. The first-order valence-corrected chi connectivity index (χ1v) is 11.4. The maximum atomic E-state index is 13.7. The summed E-state index contributed by atoms with van der Waals surface area (Å²) in [4.78, 5) is 19.4. The third kappa shape index (κ3) is 3.06. The summed E-state index contributed by atoms with van der Waals surface area (Å²) >= 11 is 0. The number of fused-ring (bicyclic) bond motifs is 4. The normalized spacial score (nSPS) is 18.4. The minimum Gasteiger partial charge on any atom is -0.375 e. The van der Waals surface area contributed by atoms with Crippen LogP contribution in [0.15, 0.2) is 30.3 Å². The predicted molar refractivity (Wildman–Crippen MR) is 126 cm³/mol. The van der Waals surface area contributed by atoms with Crippen molar-refractivity contribution in [2.75, 3.05) is 18.0 Å². The zero-order valence-electron chi connectivity index (χ0n) is 19.1. The van der Waals surface area contributed by atoms with Crippen LogP contribution in [0.5, 0.6) is 0 Å². The molecule has 1 aliphatic carbocycles. The zero-order valence-corrected chi connectivity index (χ0v) is 19.1. The molecule has 1 fully saturated rings. The maximum absolute atomic E-state index is 13.7. The fraction of sp³-hybridized carbons (Fsp3) is 0.370. The Morgan fingerprint density at radius 3 is 2.52 bits per heavy atom. The highest BCUT2D eigenvalue weighted by molar-refractivity contribution is 6.20. The summed E-state index contributed by atoms with van der Waals surface area (Å²) in [5, 5.41) is 29.7. The van der Waals surface area contributed by atoms with Crippen molar-refractivity contribution in [3.8, 4) is 12.1 Å². The number of nitrogens with zero attached hydrogens (tertiary/aromatic N) is 3. The van der Waals surface area contributed by atoms with E-state index >= 15 is 0 Å². The number of aromatic nitrogens is 1. The molecule has 0 bridgehead atoms. The molecular weight excluding hydrogens is 412 g/mol. The van der Waals surface area contributed by atoms with Crippen LogP contribution in [0.3, 0.4) is 0 Å². The molecular formula is C27H26N4O2. The van der Waals surface area contributed by atoms with E-state index in [2.05, 4.69) is 42.8 Å². The third-order valence-corrected chi connectivity index (χ3v) is 7.44. The number of piperidine rings is 1. The van der Waals surface area contributed by atoms with Gasteiger partial charge in [-0.05, 0) is 41.8 Å². The predicted octanol–water partition coefficient (Wildman–Crippen LogP) is 4.33. The second kappa shape index (κ2) is 7.20. The van der Waals surface area contributed by atoms with Crippen molar-refractivity contribution in [2.45, 2.75) is 51.0 Å². The quantitative estimate of drug-likeness (QED) is 0.580. The molecule has 33 heavy (non-hydrogen) atoms. The Hall–Kier alpha value is -3.61. The highest BCUT2D eigenvalue weighted by atomic mass is 16.3. The van der Waals surface area contributed by atoms with Crippen LogP contribution >= 0.6 is 0 Å². The van der Waals surface area contributed by atoms with Crippen LogP contribution in [0.4, 0.5) is 5.69 Å². The number of benzene rings is 2. The standard InChI is InChI=1S/C27H26N4O2/c1-4-17-12-19-20(13-22(17)31-9-7-27(33,15-29)8-10-31)26(2,3)25-23(24(19)32)18-6-5-16(14-28)11-21(18)30-25/h5-6,11-13,30,33H,4,7-10H2,1-3H3. The van der Waals surface area contributed by atoms with Crippen molar-refractivity contribution >= 4 is 22.4 Å². The monoisotopic (exact) mass is 438 g/mol. The van der Waals surface area contributed by atoms with Gasteiger partial charge in [0, 0.05) is 59.2 Å². The zero-order chi connectivity index (χ0) is 23.5. The molecule has 0 radical (unpaired) electrons. The number of carbonyl (C=O) groups is 1. The average molecular weight is 439 g/mol. The van der Waals surface area contributed by atoms with Crippen LogP contribution in [-0.4, -0.2) is 34.6 Å². The Labute approximate surface area is 193 Å². The molecule has 0 atom stereocenters. The first-order chi connectivity index (χ1) is 15.7. The fourth-order valence-electron chi connectivity index (χ4n) is 5.39. The first kappa shape index (κ1) is 21.2. The largest absolute Gasteiger partial charge is 0.375 e. The van der Waals surface area contributed by atoms with Crippen molar-refractivity contribution in [3.63, 3.8) is 0 Å². The van der Waals surface area contributed by atoms with Gasteiger partial charge in [0.1, 0.15) is 0 Å². The van der Waals surface area contributed by atoms with Crippen LogP contribution in [0, 0.1) is 22.7 Å². The van der Waals surface area contributed by atoms with Crippen LogP contribution in [-0.2, 0) is 11.8 Å². The van der Waals surface area contributed by atoms with Crippen LogP contribution in [0.25, 0.3) is 10.9 Å². The number of anilines is 1. The number of hydrogen-bond acceptors (Lipinski definition) is 5. The molecule has 2 aliphatic rings. The van der Waals surface area contributed by atoms with E-state index in [0.717, 1.165) is 45.4 Å². The van der Waals surface area contributed by atoms with Crippen molar-refractivity contribution in [3.05, 3.63) is 63.8 Å². The van der Waals surface area contributed by atoms with E-state index in [0.29, 0.717) is 37.1 Å². The lowest BCUT2D eigenvalue weighted by atomic mass is 9.70. The molecule has 166 valence electrons. The summed E-state index contributed by atoms with van der Waals surface area (Å²) in [5.41, 5.74) is 5.10. The first-order valence-electron chi connectivity index (χ1n) is 11.4. The van der Waals surface area contributed by atoms with Crippen molar-refractivity contribution in [1.82, 2.24) is 4.98 Å². The second-order valence-electron chi connectivity index (χ2n) is 9.71. The number of nitriles is 2. The summed E-state index contributed by atoms with van der Waals surface area (Å²) in [6.07, 6.45) is 1.58. The molecule has 1 aromatic heterocycles. The van der Waals surface area contributed by atoms with E-state index in [4.69, 9.17) is 0 Å². The van der Waals surface area contributed by atoms with Gasteiger partial charge in [-0.2, -0.15) is 10.5 Å². The molecule has 1 saturated heterocycles. The highest BCUT2D eigenvalue weighted by Crippen LogP contribution is 2.46. The van der Waals surface area contributed by atoms with Gasteiger partial charge in [0.05, 0.1) is 23.3 Å². The Balaban J connectivity index is 1.65. The second-order valence-corrected chi connectivity index (χ2v) is 9.71. The number of carbonyl (C=O) groups excluding carboxylic acids is 1. The number of rotatable bonds is 2. The summed E-state index contributed by atoms with van der Waals surface area (Å²) in [6, 6.07) is 13.8. The maximum Gasteiger partial charge on any atom is 0.195 e. The van der Waals surface area contributed by atoms with Gasteiger partial charge in [-0.15, -0.1) is 0 Å². The summed E-state index contributed by atoms with van der Waals surface area (Å²) in [5.74, 6) is 0.00836. The molecule has 3 aromatic rings. The molecule has 0 spiro atoms. The number of hydrogen-bond donors (Lipinski definition) is 2. The Bertz CT molecular complexity index is 1390. The summed E-state index contributed by atoms with van der Waals surface area (Å²) in [6.45, 7) is 7.52. The summed E-state index contributed by atoms with van der Waals surface area (Å²) in [7, 11) is 0. The van der Waals surface area contributed by atoms with Gasteiger partial charge in [-0.1, -0.05) is 26.8 Å². The molecule has 1 aliphatic heterocycles. The number of aryl methyl sites for hydroxylation is 1. The van der Waals surface area contributed by atoms with Gasteiger partial charge >= 0.3 is 0 Å². The van der Waals surface area contributed by atoms with Gasteiger partial charge < -0.3 is 15.0 Å². The molecule has 6 nitrogen and oxygen atoms in total. The smallest absolute Gasteiger partial charge is 0.195 e. The van der Waals surface area contributed by atoms with Crippen LogP contribution < -0.4 is 4.90 Å². The topological polar surface area (TPSA) is 104 Å². The molecule has 0 saturated carbocycles. The van der Waals surface area contributed by atoms with E-state index in [9.17, 15) is 20.4 Å². The Morgan fingerprint density at radius 2 is 1.88 bits per heavy atom. The van der Waals surface area contributed by atoms with E-state index < -0.39 is 11.0 Å². The number of aromatic amines is 1. The SMILES string of the molecule is CCc1cc2c(cc1N1CCC(O)(C#N)CC1)C(C)(C)c1[nH]c3cc(C#N)ccc3c1C2=O. The molecule has 2 heterocycles. The van der Waals surface area contributed by atoms with E-state index in [-0.39, 0.29) is 5.78 Å². The number of nitrogens with one attached hydrogen (secondary N) is 1. The van der Waals surface area contributed by atoms with Gasteiger partial charge in [0.25, 0.3) is 0 Å². The third-order valence-electron chi connectivity index (χ3n) is 7.44. The number of H-pyrrole nitrogens is 1. The highest BCUT2D eigenvalue weighted by Gasteiger charge is 2.41. The minimum absolute atomic E-state index is 0.00836. The Kier molecular flexibility index (Phi) is 4.64. The van der Waals surface area contributed by atoms with Gasteiger partial charge in [-0.25, -0.2) is 0 Å². The lowest BCUT2D eigenvalue weighted by molar-refractivity contribution is 0.0724. The lowest BCUT2D eigenvalue weighted by Crippen LogP contribution is -2.44. The van der Waals surface area contributed by atoms with Crippen molar-refractivity contribution in [2.24, 2.45) is 0 Å². The van der Waals surface area contributed by atoms with E-state index in [1.54, 1.807) is 12.1 Å². The minimum atomic E-state index is -1.26. The van der Waals surface area contributed by atoms with Gasteiger partial charge in [-0.3, -0.25) is 4.79 Å². The average Bonchev–Trinajstić information content (AvgIpc) is 3.22. The molecule has 0 amide bonds. The van der Waals surface area contributed by atoms with Gasteiger partial charge in [0.2, 0.25) is 0 Å². The summed E-state index contributed by atoms with van der Waals surface area (Å²) < 4.78 is 0. The molecule has 2 aromatic carbocycles. The molecule has 5 rings (SSSR count). The van der Waals surface area contributed by atoms with Crippen LogP contribution in [0.2, 0.25) is 0 Å². The van der Waals surface area contributed by atoms with Crippen molar-refractivity contribution < 1.29 is 9.90 Å². The number of aliphatic hydroxyl groups is 1. The van der Waals surface area contributed by atoms with E-state index in [1.165, 1.54) is 0 Å². The molecule has 6 heteroatoms. The molecule has 2 N–H and O–H groups in total. The fourth-order valence-corrected chi connectivity index (χ4v) is 5.39. The van der Waals surface area contributed by atoms with Crippen molar-refractivity contribution in [1.29, 1.82) is 10.5 Å². The lowest BCUT2D eigenvalue weighted by Gasteiger charge is -2.38. The van der Waals surface area contributed by atoms with Gasteiger partial charge in [0.15, 0.2) is 11.4 Å². The number of ketones is 1. The Morgan fingerprint density at radius 1 is 1.15 bits per heavy atom. The van der Waals surface area contributed by atoms with Crippen LogP contribution in [0.1, 0.15) is 71.9 Å². The van der Waals surface area contributed by atoms with E-state index in [1.807, 2.05) is 18.2 Å².